The number of aromatic amines is 1. The Balaban J connectivity index is 1.16. The van der Waals surface area contributed by atoms with Crippen molar-refractivity contribution in [3.05, 3.63) is 110 Å². The maximum Gasteiger partial charge on any atom is 0.305 e. The molecule has 2 aliphatic rings. The van der Waals surface area contributed by atoms with Gasteiger partial charge in [-0.2, -0.15) is 0 Å². The second kappa shape index (κ2) is 11.8. The van der Waals surface area contributed by atoms with Crippen LogP contribution >= 0.6 is 39.0 Å². The number of fused-ring (bicyclic) bond motifs is 3. The minimum absolute atomic E-state index is 0.258. The number of aromatic nitrogens is 1. The molecule has 3 heterocycles. The molecule has 2 aliphatic heterocycles. The molecule has 0 spiro atoms. The van der Waals surface area contributed by atoms with Crippen LogP contribution in [-0.2, 0) is 14.4 Å². The van der Waals surface area contributed by atoms with Crippen LogP contribution < -0.4 is 24.6 Å². The Kier molecular flexibility index (Phi) is 7.72. The van der Waals surface area contributed by atoms with E-state index >= 15 is 0 Å². The molecule has 1 fully saturated rings. The maximum atomic E-state index is 14.0. The number of H-pyrrole nitrogens is 1. The summed E-state index contributed by atoms with van der Waals surface area (Å²) in [6, 6.07) is 25.7. The summed E-state index contributed by atoms with van der Waals surface area (Å²) in [5.41, 5.74) is 1.86. The van der Waals surface area contributed by atoms with E-state index in [1.54, 1.807) is 42.5 Å². The SMILES string of the molecule is COc1cc([C@H]2c3sc(=O)[nH]c3SC3C(=O)N(c4ccc(Br)cc4)C(=O)C32)ccc1OCC(=O)Nc1cccc2ccccc12. The van der Waals surface area contributed by atoms with Crippen molar-refractivity contribution in [3.8, 4) is 11.5 Å². The van der Waals surface area contributed by atoms with E-state index in [-0.39, 0.29) is 29.2 Å². The van der Waals surface area contributed by atoms with E-state index in [2.05, 4.69) is 26.2 Å². The first-order valence-electron chi connectivity index (χ1n) is 13.9. The van der Waals surface area contributed by atoms with E-state index in [0.29, 0.717) is 38.3 Å². The van der Waals surface area contributed by atoms with Crippen molar-refractivity contribution in [3.63, 3.8) is 0 Å². The number of benzene rings is 4. The topological polar surface area (TPSA) is 118 Å². The van der Waals surface area contributed by atoms with Gasteiger partial charge in [-0.3, -0.25) is 19.2 Å². The average molecular weight is 703 g/mol. The van der Waals surface area contributed by atoms with Gasteiger partial charge in [-0.25, -0.2) is 4.90 Å². The number of nitrogens with zero attached hydrogens (tertiary/aromatic N) is 1. The zero-order valence-electron chi connectivity index (χ0n) is 23.6. The summed E-state index contributed by atoms with van der Waals surface area (Å²) >= 11 is 5.65. The predicted molar refractivity (Wildman–Crippen MR) is 178 cm³/mol. The molecule has 3 amide bonds. The van der Waals surface area contributed by atoms with Gasteiger partial charge < -0.3 is 19.8 Å². The predicted octanol–water partition coefficient (Wildman–Crippen LogP) is 6.17. The van der Waals surface area contributed by atoms with Crippen molar-refractivity contribution < 1.29 is 23.9 Å². The van der Waals surface area contributed by atoms with Gasteiger partial charge >= 0.3 is 4.87 Å². The van der Waals surface area contributed by atoms with E-state index in [4.69, 9.17) is 9.47 Å². The highest BCUT2D eigenvalue weighted by Crippen LogP contribution is 2.53. The number of rotatable bonds is 7. The summed E-state index contributed by atoms with van der Waals surface area (Å²) in [6.07, 6.45) is 0. The number of thiazole rings is 1. The van der Waals surface area contributed by atoms with Crippen LogP contribution in [0.15, 0.2) is 99.2 Å². The van der Waals surface area contributed by atoms with E-state index < -0.39 is 17.1 Å². The number of hydrogen-bond acceptors (Lipinski definition) is 8. The van der Waals surface area contributed by atoms with Gasteiger partial charge in [0.2, 0.25) is 11.8 Å². The Bertz CT molecular complexity index is 2040. The Morgan fingerprint density at radius 2 is 1.73 bits per heavy atom. The van der Waals surface area contributed by atoms with Gasteiger partial charge in [-0.15, -0.1) is 0 Å². The smallest absolute Gasteiger partial charge is 0.305 e. The molecule has 2 unspecified atom stereocenters. The van der Waals surface area contributed by atoms with E-state index in [1.165, 1.54) is 23.8 Å². The molecule has 1 aromatic heterocycles. The summed E-state index contributed by atoms with van der Waals surface area (Å²) in [5, 5.41) is 4.70. The van der Waals surface area contributed by atoms with E-state index in [1.807, 2.05) is 42.5 Å². The van der Waals surface area contributed by atoms with Crippen LogP contribution in [0.2, 0.25) is 0 Å². The van der Waals surface area contributed by atoms with Crippen molar-refractivity contribution >= 4 is 78.9 Å². The van der Waals surface area contributed by atoms with Gasteiger partial charge in [-0.05, 0) is 53.4 Å². The normalized spacial score (nSPS) is 18.9. The molecule has 2 N–H and O–H groups in total. The fourth-order valence-corrected chi connectivity index (χ4v) is 8.66. The molecule has 0 bridgehead atoms. The highest BCUT2D eigenvalue weighted by Gasteiger charge is 2.56. The molecule has 7 rings (SSSR count). The van der Waals surface area contributed by atoms with Crippen LogP contribution in [0.5, 0.6) is 11.5 Å². The summed E-state index contributed by atoms with van der Waals surface area (Å²) in [6.45, 7) is -0.262. The number of imide groups is 1. The number of anilines is 2. The lowest BCUT2D eigenvalue weighted by molar-refractivity contribution is -0.122. The zero-order valence-corrected chi connectivity index (χ0v) is 26.8. The van der Waals surface area contributed by atoms with E-state index in [0.717, 1.165) is 26.6 Å². The number of hydrogen-bond donors (Lipinski definition) is 2. The molecule has 0 radical (unpaired) electrons. The van der Waals surface area contributed by atoms with Gasteiger partial charge in [0.1, 0.15) is 5.25 Å². The number of thioether (sulfide) groups is 1. The van der Waals surface area contributed by atoms with Crippen molar-refractivity contribution in [2.45, 2.75) is 16.2 Å². The summed E-state index contributed by atoms with van der Waals surface area (Å²) in [5.74, 6) is -1.63. The van der Waals surface area contributed by atoms with Crippen LogP contribution in [0.3, 0.4) is 0 Å². The molecule has 226 valence electrons. The number of carbonyl (C=O) groups excluding carboxylic acids is 3. The minimum Gasteiger partial charge on any atom is -0.493 e. The van der Waals surface area contributed by atoms with Crippen molar-refractivity contribution in [2.75, 3.05) is 23.9 Å². The second-order valence-corrected chi connectivity index (χ2v) is 13.6. The van der Waals surface area contributed by atoms with E-state index in [9.17, 15) is 19.2 Å². The standard InChI is InChI=1S/C33H24BrN3O6S2/c1-42-24-15-18(9-14-23(24)43-16-25(38)35-22-8-4-6-17-5-2-3-7-21(17)22)26-27-29(44-30-28(26)45-33(41)36-30)32(40)37(31(27)39)20-12-10-19(34)11-13-20/h2-15,26-27,29H,16H2,1H3,(H,35,38)(H,36,41)/t26-,27?,29?/m1/s1. The summed E-state index contributed by atoms with van der Waals surface area (Å²) in [7, 11) is 1.49. The monoisotopic (exact) mass is 701 g/mol. The Morgan fingerprint density at radius 1 is 0.956 bits per heavy atom. The molecule has 0 saturated carbocycles. The maximum absolute atomic E-state index is 14.0. The lowest BCUT2D eigenvalue weighted by Gasteiger charge is -2.30. The van der Waals surface area contributed by atoms with Gasteiger partial charge in [0, 0.05) is 26.3 Å². The molecule has 1 saturated heterocycles. The van der Waals surface area contributed by atoms with Crippen LogP contribution in [0.1, 0.15) is 16.4 Å². The summed E-state index contributed by atoms with van der Waals surface area (Å²) in [4.78, 5) is 57.4. The third-order valence-electron chi connectivity index (χ3n) is 7.88. The molecule has 3 atom stereocenters. The first kappa shape index (κ1) is 29.3. The molecule has 0 aliphatic carbocycles. The number of halogens is 1. The fraction of sp³-hybridized carbons (Fsp3) is 0.152. The zero-order chi connectivity index (χ0) is 31.2. The fourth-order valence-electron chi connectivity index (χ4n) is 5.88. The highest BCUT2D eigenvalue weighted by molar-refractivity contribution is 9.10. The van der Waals surface area contributed by atoms with Crippen molar-refractivity contribution in [1.29, 1.82) is 0 Å². The average Bonchev–Trinajstić information content (AvgIpc) is 3.54. The number of methoxy groups -OCH3 is 1. The molecule has 9 nitrogen and oxygen atoms in total. The number of ether oxygens (including phenoxy) is 2. The third kappa shape index (κ3) is 5.32. The number of nitrogens with one attached hydrogen (secondary N) is 2. The molecular formula is C33H24BrN3O6S2. The Labute approximate surface area is 273 Å². The van der Waals surface area contributed by atoms with Crippen LogP contribution in [0.25, 0.3) is 10.8 Å². The molecule has 12 heteroatoms. The minimum atomic E-state index is -0.743. The number of amides is 3. The summed E-state index contributed by atoms with van der Waals surface area (Å²) < 4.78 is 12.3. The third-order valence-corrected chi connectivity index (χ3v) is 10.8. The van der Waals surface area contributed by atoms with Gasteiger partial charge in [0.05, 0.1) is 23.7 Å². The van der Waals surface area contributed by atoms with Gasteiger partial charge in [0.25, 0.3) is 5.91 Å². The van der Waals surface area contributed by atoms with Gasteiger partial charge in [0.15, 0.2) is 18.1 Å². The van der Waals surface area contributed by atoms with Crippen molar-refractivity contribution in [2.24, 2.45) is 5.92 Å². The van der Waals surface area contributed by atoms with Crippen LogP contribution in [0, 0.1) is 5.92 Å². The lowest BCUT2D eigenvalue weighted by atomic mass is 9.83. The van der Waals surface area contributed by atoms with Gasteiger partial charge in [-0.1, -0.05) is 81.5 Å². The molecule has 4 aromatic carbocycles. The Hall–Kier alpha value is -4.39. The first-order chi connectivity index (χ1) is 21.8. The molecule has 45 heavy (non-hydrogen) atoms. The highest BCUT2D eigenvalue weighted by atomic mass is 79.9. The first-order valence-corrected chi connectivity index (χ1v) is 16.4. The second-order valence-electron chi connectivity index (χ2n) is 10.5. The number of carbonyl (C=O) groups is 3. The largest absolute Gasteiger partial charge is 0.493 e. The molecule has 5 aromatic rings. The quantitative estimate of drug-likeness (QED) is 0.195. The lowest BCUT2D eigenvalue weighted by Crippen LogP contribution is -2.32. The Morgan fingerprint density at radius 3 is 2.53 bits per heavy atom. The van der Waals surface area contributed by atoms with Crippen LogP contribution in [-0.4, -0.2) is 41.7 Å². The van der Waals surface area contributed by atoms with Crippen molar-refractivity contribution in [1.82, 2.24) is 4.98 Å². The van der Waals surface area contributed by atoms with Crippen LogP contribution in [0.4, 0.5) is 11.4 Å². The molecular weight excluding hydrogens is 678 g/mol.